The molecule has 1 fully saturated rings. The lowest BCUT2D eigenvalue weighted by molar-refractivity contribution is 0.102. The fraction of sp³-hybridized carbons (Fsp3) is 0.353. The zero-order valence-electron chi connectivity index (χ0n) is 13.0. The minimum atomic E-state index is -0.247. The van der Waals surface area contributed by atoms with E-state index in [-0.39, 0.29) is 5.91 Å². The van der Waals surface area contributed by atoms with E-state index in [1.54, 1.807) is 24.5 Å². The lowest BCUT2D eigenvalue weighted by Gasteiger charge is -2.12. The van der Waals surface area contributed by atoms with Crippen molar-refractivity contribution in [3.05, 3.63) is 46.7 Å². The van der Waals surface area contributed by atoms with Crippen molar-refractivity contribution in [3.63, 3.8) is 0 Å². The van der Waals surface area contributed by atoms with Crippen LogP contribution in [0.25, 0.3) is 0 Å². The SMILES string of the molecule is Cc1c(Cl)cccc1NC(=O)c1cnc(NC2CCCC2)nc1. The van der Waals surface area contributed by atoms with Crippen molar-refractivity contribution in [3.8, 4) is 0 Å². The molecule has 0 atom stereocenters. The van der Waals surface area contributed by atoms with Crippen molar-refractivity contribution in [2.45, 2.75) is 38.6 Å². The van der Waals surface area contributed by atoms with Crippen LogP contribution >= 0.6 is 11.6 Å². The molecule has 5 nitrogen and oxygen atoms in total. The predicted octanol–water partition coefficient (Wildman–Crippen LogP) is 4.05. The minimum Gasteiger partial charge on any atom is -0.351 e. The van der Waals surface area contributed by atoms with Crippen molar-refractivity contribution in [2.24, 2.45) is 0 Å². The summed E-state index contributed by atoms with van der Waals surface area (Å²) in [5.74, 6) is 0.329. The second-order valence-electron chi connectivity index (χ2n) is 5.79. The number of hydrogen-bond acceptors (Lipinski definition) is 4. The minimum absolute atomic E-state index is 0.247. The summed E-state index contributed by atoms with van der Waals surface area (Å²) in [6, 6.07) is 5.86. The lowest BCUT2D eigenvalue weighted by atomic mass is 10.2. The van der Waals surface area contributed by atoms with Crippen molar-refractivity contribution in [2.75, 3.05) is 10.6 Å². The Balaban J connectivity index is 1.66. The van der Waals surface area contributed by atoms with E-state index >= 15 is 0 Å². The molecule has 0 saturated heterocycles. The Hall–Kier alpha value is -2.14. The largest absolute Gasteiger partial charge is 0.351 e. The Bertz CT molecular complexity index is 696. The molecule has 0 bridgehead atoms. The first-order valence-corrected chi connectivity index (χ1v) is 8.16. The highest BCUT2D eigenvalue weighted by atomic mass is 35.5. The van der Waals surface area contributed by atoms with Gasteiger partial charge >= 0.3 is 0 Å². The molecule has 6 heteroatoms. The molecule has 3 rings (SSSR count). The molecule has 0 unspecified atom stereocenters. The van der Waals surface area contributed by atoms with Gasteiger partial charge in [0.2, 0.25) is 5.95 Å². The molecule has 0 aliphatic heterocycles. The van der Waals surface area contributed by atoms with E-state index in [4.69, 9.17) is 11.6 Å². The zero-order chi connectivity index (χ0) is 16.2. The zero-order valence-corrected chi connectivity index (χ0v) is 13.7. The van der Waals surface area contributed by atoms with Crippen LogP contribution in [0.2, 0.25) is 5.02 Å². The highest BCUT2D eigenvalue weighted by Crippen LogP contribution is 2.23. The van der Waals surface area contributed by atoms with Gasteiger partial charge in [0, 0.05) is 29.1 Å². The Labute approximate surface area is 140 Å². The first-order chi connectivity index (χ1) is 11.1. The molecule has 1 heterocycles. The molecule has 2 N–H and O–H groups in total. The Kier molecular flexibility index (Phi) is 4.76. The quantitative estimate of drug-likeness (QED) is 0.887. The molecule has 1 aliphatic rings. The molecule has 1 saturated carbocycles. The first kappa shape index (κ1) is 15.7. The maximum atomic E-state index is 12.3. The predicted molar refractivity (Wildman–Crippen MR) is 92.1 cm³/mol. The summed E-state index contributed by atoms with van der Waals surface area (Å²) in [4.78, 5) is 20.8. The van der Waals surface area contributed by atoms with E-state index in [0.29, 0.717) is 28.3 Å². The van der Waals surface area contributed by atoms with Crippen LogP contribution in [0.15, 0.2) is 30.6 Å². The highest BCUT2D eigenvalue weighted by Gasteiger charge is 2.16. The summed E-state index contributed by atoms with van der Waals surface area (Å²) in [5, 5.41) is 6.76. The van der Waals surface area contributed by atoms with E-state index in [2.05, 4.69) is 20.6 Å². The molecule has 1 amide bonds. The molecule has 1 aromatic carbocycles. The number of hydrogen-bond donors (Lipinski definition) is 2. The summed E-state index contributed by atoms with van der Waals surface area (Å²) in [6.45, 7) is 1.86. The monoisotopic (exact) mass is 330 g/mol. The standard InChI is InChI=1S/C17H19ClN4O/c1-11-14(18)7-4-8-15(11)22-16(23)12-9-19-17(20-10-12)21-13-5-2-3-6-13/h4,7-10,13H,2-3,5-6H2,1H3,(H,22,23)(H,19,20,21). The number of benzene rings is 1. The molecule has 23 heavy (non-hydrogen) atoms. The number of nitrogens with zero attached hydrogens (tertiary/aromatic N) is 2. The van der Waals surface area contributed by atoms with E-state index in [9.17, 15) is 4.79 Å². The number of carbonyl (C=O) groups is 1. The average molecular weight is 331 g/mol. The third kappa shape index (κ3) is 3.79. The van der Waals surface area contributed by atoms with E-state index in [1.165, 1.54) is 12.8 Å². The van der Waals surface area contributed by atoms with Gasteiger partial charge in [0.05, 0.1) is 5.56 Å². The van der Waals surface area contributed by atoms with Crippen molar-refractivity contribution in [1.82, 2.24) is 9.97 Å². The number of aromatic nitrogens is 2. The molecular formula is C17H19ClN4O. The summed E-state index contributed by atoms with van der Waals surface area (Å²) in [7, 11) is 0. The van der Waals surface area contributed by atoms with E-state index < -0.39 is 0 Å². The fourth-order valence-corrected chi connectivity index (χ4v) is 2.88. The summed E-state index contributed by atoms with van der Waals surface area (Å²) < 4.78 is 0. The number of halogens is 1. The molecular weight excluding hydrogens is 312 g/mol. The van der Waals surface area contributed by atoms with Crippen molar-refractivity contribution < 1.29 is 4.79 Å². The molecule has 1 aromatic heterocycles. The van der Waals surface area contributed by atoms with Gasteiger partial charge in [-0.05, 0) is 37.5 Å². The number of carbonyl (C=O) groups excluding carboxylic acids is 1. The number of rotatable bonds is 4. The third-order valence-corrected chi connectivity index (χ3v) is 4.53. The molecule has 120 valence electrons. The van der Waals surface area contributed by atoms with Gasteiger partial charge in [0.25, 0.3) is 5.91 Å². The second kappa shape index (κ2) is 6.96. The number of amides is 1. The summed E-state index contributed by atoms with van der Waals surface area (Å²) in [5.41, 5.74) is 1.94. The maximum Gasteiger partial charge on any atom is 0.258 e. The van der Waals surface area contributed by atoms with Gasteiger partial charge in [-0.25, -0.2) is 9.97 Å². The number of anilines is 2. The van der Waals surface area contributed by atoms with E-state index in [1.807, 2.05) is 13.0 Å². The van der Waals surface area contributed by atoms with Crippen LogP contribution in [0.5, 0.6) is 0 Å². The van der Waals surface area contributed by atoms with Crippen molar-refractivity contribution in [1.29, 1.82) is 0 Å². The van der Waals surface area contributed by atoms with Gasteiger partial charge in [-0.3, -0.25) is 4.79 Å². The summed E-state index contributed by atoms with van der Waals surface area (Å²) >= 11 is 6.06. The molecule has 2 aromatic rings. The Morgan fingerprint density at radius 1 is 1.22 bits per heavy atom. The topological polar surface area (TPSA) is 66.9 Å². The normalized spacial score (nSPS) is 14.7. The van der Waals surface area contributed by atoms with Crippen LogP contribution in [0.1, 0.15) is 41.6 Å². The van der Waals surface area contributed by atoms with Gasteiger partial charge in [0.1, 0.15) is 0 Å². The molecule has 1 aliphatic carbocycles. The molecule has 0 spiro atoms. The average Bonchev–Trinajstić information content (AvgIpc) is 3.05. The fourth-order valence-electron chi connectivity index (χ4n) is 2.71. The van der Waals surface area contributed by atoms with Crippen LogP contribution in [0, 0.1) is 6.92 Å². The smallest absolute Gasteiger partial charge is 0.258 e. The van der Waals surface area contributed by atoms with Gasteiger partial charge < -0.3 is 10.6 Å². The van der Waals surface area contributed by atoms with Gasteiger partial charge in [-0.15, -0.1) is 0 Å². The second-order valence-corrected chi connectivity index (χ2v) is 6.19. The van der Waals surface area contributed by atoms with Crippen LogP contribution in [-0.4, -0.2) is 21.9 Å². The van der Waals surface area contributed by atoms with Crippen LogP contribution in [-0.2, 0) is 0 Å². The summed E-state index contributed by atoms with van der Waals surface area (Å²) in [6.07, 6.45) is 7.88. The van der Waals surface area contributed by atoms with Gasteiger partial charge in [-0.2, -0.15) is 0 Å². The Morgan fingerprint density at radius 3 is 2.61 bits per heavy atom. The molecule has 0 radical (unpaired) electrons. The number of nitrogens with one attached hydrogen (secondary N) is 2. The van der Waals surface area contributed by atoms with E-state index in [0.717, 1.165) is 18.4 Å². The highest BCUT2D eigenvalue weighted by molar-refractivity contribution is 6.31. The van der Waals surface area contributed by atoms with Gasteiger partial charge in [-0.1, -0.05) is 30.5 Å². The first-order valence-electron chi connectivity index (χ1n) is 7.78. The van der Waals surface area contributed by atoms with Crippen LogP contribution in [0.4, 0.5) is 11.6 Å². The van der Waals surface area contributed by atoms with Crippen LogP contribution in [0.3, 0.4) is 0 Å². The Morgan fingerprint density at radius 2 is 1.91 bits per heavy atom. The van der Waals surface area contributed by atoms with Crippen LogP contribution < -0.4 is 10.6 Å². The maximum absolute atomic E-state index is 12.3. The lowest BCUT2D eigenvalue weighted by Crippen LogP contribution is -2.18. The van der Waals surface area contributed by atoms with Crippen molar-refractivity contribution >= 4 is 29.1 Å². The van der Waals surface area contributed by atoms with Gasteiger partial charge in [0.15, 0.2) is 0 Å². The third-order valence-electron chi connectivity index (χ3n) is 4.12.